The molecule has 1 aromatic rings. The predicted molar refractivity (Wildman–Crippen MR) is 66.5 cm³/mol. The monoisotopic (exact) mass is 242 g/mol. The van der Waals surface area contributed by atoms with Crippen LogP contribution in [0.15, 0.2) is 16.5 Å². The van der Waals surface area contributed by atoms with Gasteiger partial charge in [-0.1, -0.05) is 0 Å². The smallest absolute Gasteiger partial charge is 0.286 e. The van der Waals surface area contributed by atoms with Crippen LogP contribution in [0.4, 0.5) is 0 Å². The second kappa shape index (κ2) is 7.35. The summed E-state index contributed by atoms with van der Waals surface area (Å²) in [6.07, 6.45) is 4.19. The Morgan fingerprint density at radius 1 is 1.50 bits per heavy atom. The molecule has 0 fully saturated rings. The lowest BCUT2D eigenvalue weighted by molar-refractivity contribution is 0.0924. The van der Waals surface area contributed by atoms with E-state index in [0.29, 0.717) is 24.6 Å². The van der Waals surface area contributed by atoms with E-state index in [2.05, 4.69) is 11.6 Å². The molecule has 5 heteroatoms. The zero-order chi connectivity index (χ0) is 11.8. The summed E-state index contributed by atoms with van der Waals surface area (Å²) >= 11 is 1.82. The number of rotatable bonds is 7. The van der Waals surface area contributed by atoms with E-state index in [-0.39, 0.29) is 5.91 Å². The van der Waals surface area contributed by atoms with E-state index in [1.807, 2.05) is 11.8 Å². The van der Waals surface area contributed by atoms with Gasteiger partial charge in [-0.15, -0.1) is 0 Å². The predicted octanol–water partition coefficient (Wildman–Crippen LogP) is 1.61. The number of thioether (sulfide) groups is 1. The summed E-state index contributed by atoms with van der Waals surface area (Å²) < 4.78 is 5.23. The Balaban J connectivity index is 2.24. The fourth-order valence-electron chi connectivity index (χ4n) is 1.27. The van der Waals surface area contributed by atoms with E-state index in [0.717, 1.165) is 18.6 Å². The minimum absolute atomic E-state index is 0.163. The Bertz CT molecular complexity index is 326. The van der Waals surface area contributed by atoms with Gasteiger partial charge in [-0.2, -0.15) is 11.8 Å². The zero-order valence-electron chi connectivity index (χ0n) is 9.49. The minimum atomic E-state index is -0.163. The highest BCUT2D eigenvalue weighted by molar-refractivity contribution is 7.98. The van der Waals surface area contributed by atoms with Gasteiger partial charge in [0.25, 0.3) is 5.91 Å². The molecule has 16 heavy (non-hydrogen) atoms. The third kappa shape index (κ3) is 4.28. The summed E-state index contributed by atoms with van der Waals surface area (Å²) in [4.78, 5) is 11.6. The molecule has 0 bridgehead atoms. The van der Waals surface area contributed by atoms with E-state index in [9.17, 15) is 4.79 Å². The first kappa shape index (κ1) is 13.1. The van der Waals surface area contributed by atoms with Crippen LogP contribution in [0.3, 0.4) is 0 Å². The second-order valence-electron chi connectivity index (χ2n) is 3.43. The molecular formula is C11H18N2O2S. The minimum Gasteiger partial charge on any atom is -0.455 e. The molecule has 0 atom stereocenters. The molecule has 0 radical (unpaired) electrons. The lowest BCUT2D eigenvalue weighted by Gasteiger charge is -2.02. The average Bonchev–Trinajstić information content (AvgIpc) is 2.77. The lowest BCUT2D eigenvalue weighted by Crippen LogP contribution is -2.24. The normalized spacial score (nSPS) is 10.4. The standard InChI is InChI=1S/C11H18N2O2S/c1-16-7-3-2-6-13-11(14)10-5-4-9(8-12)15-10/h4-5H,2-3,6-8,12H2,1H3,(H,13,14). The molecule has 0 aromatic carbocycles. The van der Waals surface area contributed by atoms with E-state index in [4.69, 9.17) is 10.2 Å². The SMILES string of the molecule is CSCCCCNC(=O)c1ccc(CN)o1. The van der Waals surface area contributed by atoms with Crippen molar-refractivity contribution in [2.24, 2.45) is 5.73 Å². The fourth-order valence-corrected chi connectivity index (χ4v) is 1.76. The molecule has 1 heterocycles. The topological polar surface area (TPSA) is 68.3 Å². The molecule has 0 aliphatic carbocycles. The zero-order valence-corrected chi connectivity index (χ0v) is 10.3. The first-order valence-corrected chi connectivity index (χ1v) is 6.73. The Kier molecular flexibility index (Phi) is 6.03. The van der Waals surface area contributed by atoms with Crippen LogP contribution in [0.2, 0.25) is 0 Å². The lowest BCUT2D eigenvalue weighted by atomic mass is 10.3. The number of carbonyl (C=O) groups is 1. The van der Waals surface area contributed by atoms with Crippen molar-refractivity contribution >= 4 is 17.7 Å². The maximum Gasteiger partial charge on any atom is 0.286 e. The molecule has 90 valence electrons. The number of carbonyl (C=O) groups excluding carboxylic acids is 1. The summed E-state index contributed by atoms with van der Waals surface area (Å²) in [7, 11) is 0. The summed E-state index contributed by atoms with van der Waals surface area (Å²) in [5, 5.41) is 2.81. The van der Waals surface area contributed by atoms with Gasteiger partial charge in [-0.25, -0.2) is 0 Å². The van der Waals surface area contributed by atoms with Crippen LogP contribution in [0.1, 0.15) is 29.2 Å². The molecule has 0 aliphatic heterocycles. The molecule has 1 aromatic heterocycles. The Hall–Kier alpha value is -0.940. The van der Waals surface area contributed by atoms with Gasteiger partial charge < -0.3 is 15.5 Å². The van der Waals surface area contributed by atoms with E-state index in [1.54, 1.807) is 12.1 Å². The molecule has 0 aliphatic rings. The van der Waals surface area contributed by atoms with Crippen molar-refractivity contribution in [2.75, 3.05) is 18.6 Å². The quantitative estimate of drug-likeness (QED) is 0.713. The number of furan rings is 1. The number of hydrogen-bond acceptors (Lipinski definition) is 4. The highest BCUT2D eigenvalue weighted by atomic mass is 32.2. The first-order valence-electron chi connectivity index (χ1n) is 5.34. The molecule has 3 N–H and O–H groups in total. The van der Waals surface area contributed by atoms with Crippen LogP contribution in [-0.2, 0) is 6.54 Å². The number of nitrogens with one attached hydrogen (secondary N) is 1. The van der Waals surface area contributed by atoms with Crippen LogP contribution < -0.4 is 11.1 Å². The van der Waals surface area contributed by atoms with Gasteiger partial charge in [-0.3, -0.25) is 4.79 Å². The Labute approximate surface area is 100.0 Å². The molecule has 0 saturated carbocycles. The largest absolute Gasteiger partial charge is 0.455 e. The summed E-state index contributed by atoms with van der Waals surface area (Å²) in [5.74, 6) is 1.94. The van der Waals surface area contributed by atoms with E-state index in [1.165, 1.54) is 0 Å². The van der Waals surface area contributed by atoms with Gasteiger partial charge in [0, 0.05) is 6.54 Å². The van der Waals surface area contributed by atoms with Gasteiger partial charge in [0.15, 0.2) is 5.76 Å². The molecular weight excluding hydrogens is 224 g/mol. The van der Waals surface area contributed by atoms with Gasteiger partial charge in [0.1, 0.15) is 5.76 Å². The molecule has 0 spiro atoms. The second-order valence-corrected chi connectivity index (χ2v) is 4.41. The number of amides is 1. The highest BCUT2D eigenvalue weighted by Gasteiger charge is 2.09. The molecule has 1 rings (SSSR count). The highest BCUT2D eigenvalue weighted by Crippen LogP contribution is 2.06. The summed E-state index contributed by atoms with van der Waals surface area (Å²) in [5.41, 5.74) is 5.39. The van der Waals surface area contributed by atoms with Gasteiger partial charge in [0.2, 0.25) is 0 Å². The van der Waals surface area contributed by atoms with Crippen molar-refractivity contribution < 1.29 is 9.21 Å². The van der Waals surface area contributed by atoms with Crippen LogP contribution in [0.25, 0.3) is 0 Å². The first-order chi connectivity index (χ1) is 7.77. The molecule has 0 unspecified atom stereocenters. The van der Waals surface area contributed by atoms with Gasteiger partial charge in [0.05, 0.1) is 6.54 Å². The Morgan fingerprint density at radius 3 is 2.94 bits per heavy atom. The van der Waals surface area contributed by atoms with Crippen molar-refractivity contribution in [3.8, 4) is 0 Å². The van der Waals surface area contributed by atoms with Crippen molar-refractivity contribution in [3.63, 3.8) is 0 Å². The van der Waals surface area contributed by atoms with Crippen LogP contribution >= 0.6 is 11.8 Å². The average molecular weight is 242 g/mol. The van der Waals surface area contributed by atoms with Crippen molar-refractivity contribution in [3.05, 3.63) is 23.7 Å². The number of unbranched alkanes of at least 4 members (excludes halogenated alkanes) is 1. The maximum atomic E-state index is 11.6. The van der Waals surface area contributed by atoms with Crippen molar-refractivity contribution in [2.45, 2.75) is 19.4 Å². The van der Waals surface area contributed by atoms with Crippen LogP contribution in [0, 0.1) is 0 Å². The molecule has 1 amide bonds. The van der Waals surface area contributed by atoms with Gasteiger partial charge in [-0.05, 0) is 37.0 Å². The Morgan fingerprint density at radius 2 is 2.31 bits per heavy atom. The molecule has 4 nitrogen and oxygen atoms in total. The molecule has 0 saturated heterocycles. The maximum absolute atomic E-state index is 11.6. The number of hydrogen-bond donors (Lipinski definition) is 2. The van der Waals surface area contributed by atoms with E-state index >= 15 is 0 Å². The van der Waals surface area contributed by atoms with E-state index < -0.39 is 0 Å². The third-order valence-corrected chi connectivity index (χ3v) is 2.84. The van der Waals surface area contributed by atoms with Crippen molar-refractivity contribution in [1.29, 1.82) is 0 Å². The summed E-state index contributed by atoms with van der Waals surface area (Å²) in [6.45, 7) is 1.01. The fraction of sp³-hybridized carbons (Fsp3) is 0.545. The van der Waals surface area contributed by atoms with Gasteiger partial charge >= 0.3 is 0 Å². The number of nitrogens with two attached hydrogens (primary N) is 1. The van der Waals surface area contributed by atoms with Crippen LogP contribution in [0.5, 0.6) is 0 Å². The third-order valence-electron chi connectivity index (χ3n) is 2.15. The summed E-state index contributed by atoms with van der Waals surface area (Å²) in [6, 6.07) is 3.38. The van der Waals surface area contributed by atoms with Crippen LogP contribution in [-0.4, -0.2) is 24.5 Å². The van der Waals surface area contributed by atoms with Crippen molar-refractivity contribution in [1.82, 2.24) is 5.32 Å².